The molecule has 0 aliphatic heterocycles. The molecule has 0 amide bonds. The Morgan fingerprint density at radius 3 is 1.60 bits per heavy atom. The minimum atomic E-state index is -0.114. The standard InChI is InChI=1S/C55H38/c1-55(2)50-34-40(26-29-44(50)49-31-38-20-9-10-21-39(38)33-51(49)55)42-28-27-41(32-48(42)35-15-5-3-6-16-35)53-46-24-14-13-23-45(46)52(37-18-7-4-8-19-37)47-30-25-36-17-11-12-22-43(36)54(47)53/h3-34H,1-2H3. The molecule has 11 rings (SSSR count). The fourth-order valence-electron chi connectivity index (χ4n) is 9.56. The Labute approximate surface area is 322 Å². The molecule has 0 atom stereocenters. The molecule has 0 heterocycles. The van der Waals surface area contributed by atoms with Gasteiger partial charge in [0.25, 0.3) is 0 Å². The minimum absolute atomic E-state index is 0.114. The third-order valence-corrected chi connectivity index (χ3v) is 12.2. The number of rotatable bonds is 4. The third kappa shape index (κ3) is 4.85. The molecule has 0 fully saturated rings. The molecule has 55 heavy (non-hydrogen) atoms. The first kappa shape index (κ1) is 31.7. The lowest BCUT2D eigenvalue weighted by Crippen LogP contribution is -2.15. The van der Waals surface area contributed by atoms with Crippen LogP contribution in [0.15, 0.2) is 194 Å². The Morgan fingerprint density at radius 2 is 0.855 bits per heavy atom. The second-order valence-corrected chi connectivity index (χ2v) is 15.6. The van der Waals surface area contributed by atoms with Crippen molar-refractivity contribution in [3.8, 4) is 55.6 Å². The van der Waals surface area contributed by atoms with Crippen molar-refractivity contribution < 1.29 is 0 Å². The van der Waals surface area contributed by atoms with Crippen LogP contribution in [0.25, 0.3) is 98.7 Å². The Hall–Kier alpha value is -6.76. The quantitative estimate of drug-likeness (QED) is 0.127. The Morgan fingerprint density at radius 1 is 0.291 bits per heavy atom. The van der Waals surface area contributed by atoms with E-state index in [0.29, 0.717) is 0 Å². The van der Waals surface area contributed by atoms with Crippen LogP contribution in [0.3, 0.4) is 0 Å². The third-order valence-electron chi connectivity index (χ3n) is 12.2. The molecule has 0 nitrogen and oxygen atoms in total. The van der Waals surface area contributed by atoms with E-state index < -0.39 is 0 Å². The highest BCUT2D eigenvalue weighted by Crippen LogP contribution is 2.52. The minimum Gasteiger partial charge on any atom is -0.0622 e. The Kier molecular flexibility index (Phi) is 7.00. The van der Waals surface area contributed by atoms with Gasteiger partial charge in [-0.1, -0.05) is 184 Å². The molecule has 0 heteroatoms. The van der Waals surface area contributed by atoms with E-state index in [1.165, 1.54) is 110 Å². The van der Waals surface area contributed by atoms with Gasteiger partial charge in [-0.2, -0.15) is 0 Å². The van der Waals surface area contributed by atoms with Crippen LogP contribution in [0.5, 0.6) is 0 Å². The van der Waals surface area contributed by atoms with Gasteiger partial charge in [-0.3, -0.25) is 0 Å². The van der Waals surface area contributed by atoms with E-state index in [4.69, 9.17) is 0 Å². The van der Waals surface area contributed by atoms with Crippen LogP contribution in [0.4, 0.5) is 0 Å². The van der Waals surface area contributed by atoms with Gasteiger partial charge in [-0.05, 0) is 134 Å². The summed E-state index contributed by atoms with van der Waals surface area (Å²) in [5.41, 5.74) is 15.3. The molecular formula is C55H38. The lowest BCUT2D eigenvalue weighted by Gasteiger charge is -2.23. The molecule has 10 aromatic carbocycles. The first-order valence-electron chi connectivity index (χ1n) is 19.3. The second kappa shape index (κ2) is 12.1. The zero-order valence-corrected chi connectivity index (χ0v) is 31.0. The lowest BCUT2D eigenvalue weighted by atomic mass is 9.80. The normalized spacial score (nSPS) is 13.1. The number of hydrogen-bond acceptors (Lipinski definition) is 0. The van der Waals surface area contributed by atoms with Crippen LogP contribution in [0.2, 0.25) is 0 Å². The zero-order chi connectivity index (χ0) is 36.7. The summed E-state index contributed by atoms with van der Waals surface area (Å²) in [6.07, 6.45) is 0. The lowest BCUT2D eigenvalue weighted by molar-refractivity contribution is 0.661. The topological polar surface area (TPSA) is 0 Å². The van der Waals surface area contributed by atoms with Gasteiger partial charge < -0.3 is 0 Å². The highest BCUT2D eigenvalue weighted by Gasteiger charge is 2.36. The molecule has 0 saturated heterocycles. The Bertz CT molecular complexity index is 3150. The van der Waals surface area contributed by atoms with Crippen LogP contribution in [0, 0.1) is 0 Å². The molecule has 0 spiro atoms. The van der Waals surface area contributed by atoms with Crippen molar-refractivity contribution in [3.05, 3.63) is 205 Å². The van der Waals surface area contributed by atoms with Crippen LogP contribution < -0.4 is 0 Å². The van der Waals surface area contributed by atoms with E-state index in [9.17, 15) is 0 Å². The van der Waals surface area contributed by atoms with E-state index in [1.807, 2.05) is 0 Å². The molecule has 10 aromatic rings. The average Bonchev–Trinajstić information content (AvgIpc) is 3.46. The van der Waals surface area contributed by atoms with E-state index in [1.54, 1.807) is 0 Å². The SMILES string of the molecule is CC1(C)c2cc(-c3ccc(-c4c5ccccc5c(-c5ccccc5)c5ccc6ccccc6c45)cc3-c3ccccc3)ccc2-c2cc3ccccc3cc21. The van der Waals surface area contributed by atoms with E-state index >= 15 is 0 Å². The fourth-order valence-corrected chi connectivity index (χ4v) is 9.56. The first-order valence-corrected chi connectivity index (χ1v) is 19.3. The van der Waals surface area contributed by atoms with Crippen molar-refractivity contribution in [2.24, 2.45) is 0 Å². The van der Waals surface area contributed by atoms with E-state index in [-0.39, 0.29) is 5.41 Å². The first-order chi connectivity index (χ1) is 27.0. The van der Waals surface area contributed by atoms with Crippen LogP contribution in [0.1, 0.15) is 25.0 Å². The van der Waals surface area contributed by atoms with Gasteiger partial charge in [0.05, 0.1) is 0 Å². The summed E-state index contributed by atoms with van der Waals surface area (Å²) in [5, 5.41) is 10.2. The molecule has 0 N–H and O–H groups in total. The maximum atomic E-state index is 2.47. The Balaban J connectivity index is 1.17. The largest absolute Gasteiger partial charge is 0.0622 e. The summed E-state index contributed by atoms with van der Waals surface area (Å²) in [6, 6.07) is 72.2. The van der Waals surface area contributed by atoms with Gasteiger partial charge in [0.2, 0.25) is 0 Å². The predicted octanol–water partition coefficient (Wildman–Crippen LogP) is 15.3. The van der Waals surface area contributed by atoms with Crippen molar-refractivity contribution >= 4 is 43.1 Å². The summed E-state index contributed by atoms with van der Waals surface area (Å²) < 4.78 is 0. The van der Waals surface area contributed by atoms with Gasteiger partial charge in [0, 0.05) is 5.41 Å². The van der Waals surface area contributed by atoms with Gasteiger partial charge >= 0.3 is 0 Å². The van der Waals surface area contributed by atoms with E-state index in [0.717, 1.165) is 0 Å². The second-order valence-electron chi connectivity index (χ2n) is 15.6. The summed E-state index contributed by atoms with van der Waals surface area (Å²) in [5.74, 6) is 0. The summed E-state index contributed by atoms with van der Waals surface area (Å²) >= 11 is 0. The highest BCUT2D eigenvalue weighted by molar-refractivity contribution is 6.28. The molecular weight excluding hydrogens is 661 g/mol. The molecule has 1 aliphatic rings. The van der Waals surface area contributed by atoms with Crippen molar-refractivity contribution in [1.29, 1.82) is 0 Å². The van der Waals surface area contributed by atoms with Crippen LogP contribution in [-0.2, 0) is 5.41 Å². The molecule has 0 aromatic heterocycles. The van der Waals surface area contributed by atoms with Crippen molar-refractivity contribution in [2.75, 3.05) is 0 Å². The number of fused-ring (bicyclic) bond motifs is 8. The molecule has 0 radical (unpaired) electrons. The van der Waals surface area contributed by atoms with Gasteiger partial charge in [-0.15, -0.1) is 0 Å². The van der Waals surface area contributed by atoms with Crippen LogP contribution >= 0.6 is 0 Å². The summed E-state index contributed by atoms with van der Waals surface area (Å²) in [6.45, 7) is 4.77. The van der Waals surface area contributed by atoms with Gasteiger partial charge in [-0.25, -0.2) is 0 Å². The monoisotopic (exact) mass is 698 g/mol. The highest BCUT2D eigenvalue weighted by atomic mass is 14.4. The zero-order valence-electron chi connectivity index (χ0n) is 31.0. The van der Waals surface area contributed by atoms with Crippen LogP contribution in [-0.4, -0.2) is 0 Å². The number of hydrogen-bond donors (Lipinski definition) is 0. The number of benzene rings is 10. The van der Waals surface area contributed by atoms with Crippen molar-refractivity contribution in [2.45, 2.75) is 19.3 Å². The molecule has 0 saturated carbocycles. The molecule has 0 unspecified atom stereocenters. The van der Waals surface area contributed by atoms with Crippen molar-refractivity contribution in [3.63, 3.8) is 0 Å². The molecule has 0 bridgehead atoms. The average molecular weight is 699 g/mol. The van der Waals surface area contributed by atoms with Gasteiger partial charge in [0.15, 0.2) is 0 Å². The maximum Gasteiger partial charge on any atom is 0.0159 e. The van der Waals surface area contributed by atoms with Gasteiger partial charge in [0.1, 0.15) is 0 Å². The fraction of sp³-hybridized carbons (Fsp3) is 0.0545. The molecule has 1 aliphatic carbocycles. The smallest absolute Gasteiger partial charge is 0.0159 e. The maximum absolute atomic E-state index is 2.47. The summed E-state index contributed by atoms with van der Waals surface area (Å²) in [4.78, 5) is 0. The van der Waals surface area contributed by atoms with Crippen molar-refractivity contribution in [1.82, 2.24) is 0 Å². The summed E-state index contributed by atoms with van der Waals surface area (Å²) in [7, 11) is 0. The molecule has 258 valence electrons. The van der Waals surface area contributed by atoms with E-state index in [2.05, 4.69) is 208 Å². The predicted molar refractivity (Wildman–Crippen MR) is 236 cm³/mol.